The third-order valence-electron chi connectivity index (χ3n) is 5.61. The monoisotopic (exact) mass is 478 g/mol. The molecule has 2 amide bonds. The molecule has 3 aromatic heterocycles. The summed E-state index contributed by atoms with van der Waals surface area (Å²) in [6, 6.07) is 0.0482. The number of piperidine rings is 1. The average molecular weight is 479 g/mol. The van der Waals surface area contributed by atoms with Crippen LogP contribution in [0.5, 0.6) is 5.88 Å². The third-order valence-corrected chi connectivity index (χ3v) is 5.61. The number of nitrogens with zero attached hydrogens (tertiary/aromatic N) is 7. The Morgan fingerprint density at radius 1 is 1.26 bits per heavy atom. The number of amides is 2. The largest absolute Gasteiger partial charge is 0.479 e. The molecule has 0 radical (unpaired) electrons. The molecule has 0 aromatic carbocycles. The van der Waals surface area contributed by atoms with Crippen molar-refractivity contribution in [3.05, 3.63) is 48.8 Å². The summed E-state index contributed by atoms with van der Waals surface area (Å²) >= 11 is 0. The molecule has 182 valence electrons. The van der Waals surface area contributed by atoms with E-state index in [1.54, 1.807) is 18.0 Å². The lowest BCUT2D eigenvalue weighted by atomic mass is 10.1. The van der Waals surface area contributed by atoms with Gasteiger partial charge in [0.05, 0.1) is 30.7 Å². The zero-order chi connectivity index (χ0) is 24.9. The summed E-state index contributed by atoms with van der Waals surface area (Å²) in [5, 5.41) is 10.6. The van der Waals surface area contributed by atoms with Crippen molar-refractivity contribution < 1.29 is 14.3 Å². The van der Waals surface area contributed by atoms with E-state index in [-0.39, 0.29) is 29.3 Å². The van der Waals surface area contributed by atoms with E-state index in [9.17, 15) is 9.59 Å². The molecule has 1 atom stereocenters. The summed E-state index contributed by atoms with van der Waals surface area (Å²) < 4.78 is 7.10. The molecular weight excluding hydrogens is 452 g/mol. The summed E-state index contributed by atoms with van der Waals surface area (Å²) in [5.41, 5.74) is 7.30. The first-order chi connectivity index (χ1) is 16.9. The minimum atomic E-state index is -0.698. The highest BCUT2D eigenvalue weighted by molar-refractivity contribution is 5.98. The molecule has 3 aromatic rings. The minimum Gasteiger partial charge on any atom is -0.479 e. The lowest BCUT2D eigenvalue weighted by Gasteiger charge is -2.32. The number of aryl methyl sites for hydroxylation is 1. The van der Waals surface area contributed by atoms with E-state index < -0.39 is 5.91 Å². The van der Waals surface area contributed by atoms with Gasteiger partial charge < -0.3 is 26.0 Å². The van der Waals surface area contributed by atoms with Crippen molar-refractivity contribution in [3.8, 4) is 5.88 Å². The number of hydrogen-bond acceptors (Lipinski definition) is 10. The first-order valence-corrected chi connectivity index (χ1v) is 10.9. The van der Waals surface area contributed by atoms with Gasteiger partial charge in [-0.05, 0) is 25.8 Å². The Hall–Kier alpha value is -4.55. The van der Waals surface area contributed by atoms with Crippen LogP contribution in [0.2, 0.25) is 0 Å². The van der Waals surface area contributed by atoms with Crippen LogP contribution < -0.4 is 21.1 Å². The summed E-state index contributed by atoms with van der Waals surface area (Å²) in [7, 11) is 1.48. The Morgan fingerprint density at radius 3 is 2.83 bits per heavy atom. The molecule has 0 unspecified atom stereocenters. The number of nitrogens with two attached hydrogens (primary N) is 1. The maximum atomic E-state index is 12.0. The summed E-state index contributed by atoms with van der Waals surface area (Å²) in [6.07, 6.45) is 9.28. The van der Waals surface area contributed by atoms with Crippen molar-refractivity contribution in [3.63, 3.8) is 0 Å². The molecule has 13 nitrogen and oxygen atoms in total. The molecule has 1 fully saturated rings. The fourth-order valence-corrected chi connectivity index (χ4v) is 3.82. The fraction of sp³-hybridized carbons (Fsp3) is 0.318. The third kappa shape index (κ3) is 5.18. The smallest absolute Gasteiger partial charge is 0.254 e. The molecule has 0 spiro atoms. The normalized spacial score (nSPS) is 15.4. The number of likely N-dealkylation sites (tertiary alicyclic amines) is 1. The molecule has 35 heavy (non-hydrogen) atoms. The second kappa shape index (κ2) is 10.2. The van der Waals surface area contributed by atoms with Gasteiger partial charge in [0.2, 0.25) is 17.7 Å². The molecule has 1 aliphatic rings. The number of ether oxygens (including phenoxy) is 1. The van der Waals surface area contributed by atoms with Gasteiger partial charge in [-0.15, -0.1) is 0 Å². The van der Waals surface area contributed by atoms with E-state index in [4.69, 9.17) is 10.5 Å². The summed E-state index contributed by atoms with van der Waals surface area (Å²) in [4.78, 5) is 42.6. The molecule has 13 heteroatoms. The number of carbonyl (C=O) groups excluding carboxylic acids is 2. The van der Waals surface area contributed by atoms with Crippen LogP contribution in [0.25, 0.3) is 0 Å². The van der Waals surface area contributed by atoms with Crippen molar-refractivity contribution in [2.75, 3.05) is 30.8 Å². The molecular formula is C22H26N10O3. The molecule has 1 aliphatic heterocycles. The number of hydrogen-bond donors (Lipinski definition) is 3. The summed E-state index contributed by atoms with van der Waals surface area (Å²) in [6.45, 7) is 6.60. The number of rotatable bonds is 8. The zero-order valence-corrected chi connectivity index (χ0v) is 19.4. The van der Waals surface area contributed by atoms with Gasteiger partial charge in [0.1, 0.15) is 23.4 Å². The van der Waals surface area contributed by atoms with Gasteiger partial charge in [0.25, 0.3) is 5.91 Å². The molecule has 0 aliphatic carbocycles. The Morgan fingerprint density at radius 2 is 2.09 bits per heavy atom. The van der Waals surface area contributed by atoms with E-state index in [0.29, 0.717) is 36.0 Å². The van der Waals surface area contributed by atoms with Crippen molar-refractivity contribution in [2.24, 2.45) is 5.73 Å². The SMILES string of the molecule is C=CC(=O)N1CCC[C@@H](n2cc(Nc3ncc(C(N)=O)c(Nc4c(C)ncnc4OC)n3)cn2)C1. The standard InChI is InChI=1S/C22H26N10O3/c1-4-17(33)31-7-5-6-15(11-31)32-10-14(8-27-32)28-22-24-9-16(19(23)34)20(30-22)29-18-13(2)25-12-26-21(18)35-3/h4,8-10,12,15H,1,5-7,11H2,2-3H3,(H2,23,34)(H2,24,28,29,30)/t15-/m1/s1. The van der Waals surface area contributed by atoms with Crippen molar-refractivity contribution in [1.82, 2.24) is 34.6 Å². The van der Waals surface area contributed by atoms with Gasteiger partial charge in [0, 0.05) is 25.5 Å². The summed E-state index contributed by atoms with van der Waals surface area (Å²) in [5.74, 6) is -0.101. The number of anilines is 4. The Labute approximate surface area is 201 Å². The predicted molar refractivity (Wildman–Crippen MR) is 128 cm³/mol. The van der Waals surface area contributed by atoms with Gasteiger partial charge in [-0.25, -0.2) is 9.97 Å². The predicted octanol–water partition coefficient (Wildman–Crippen LogP) is 1.72. The Balaban J connectivity index is 1.55. The second-order valence-corrected chi connectivity index (χ2v) is 7.91. The molecule has 4 N–H and O–H groups in total. The number of nitrogens with one attached hydrogen (secondary N) is 2. The van der Waals surface area contributed by atoms with E-state index >= 15 is 0 Å². The highest BCUT2D eigenvalue weighted by atomic mass is 16.5. The van der Waals surface area contributed by atoms with Gasteiger partial charge in [-0.3, -0.25) is 14.3 Å². The maximum Gasteiger partial charge on any atom is 0.254 e. The number of carbonyl (C=O) groups is 2. The molecule has 1 saturated heterocycles. The zero-order valence-electron chi connectivity index (χ0n) is 19.4. The van der Waals surface area contributed by atoms with Crippen LogP contribution in [-0.4, -0.2) is 66.6 Å². The van der Waals surface area contributed by atoms with Crippen molar-refractivity contribution in [1.29, 1.82) is 0 Å². The van der Waals surface area contributed by atoms with Crippen LogP contribution in [0, 0.1) is 6.92 Å². The maximum absolute atomic E-state index is 12.0. The first kappa shape index (κ1) is 23.6. The van der Waals surface area contributed by atoms with Crippen molar-refractivity contribution in [2.45, 2.75) is 25.8 Å². The van der Waals surface area contributed by atoms with Crippen LogP contribution in [0.15, 0.2) is 37.6 Å². The van der Waals surface area contributed by atoms with Gasteiger partial charge >= 0.3 is 0 Å². The quantitative estimate of drug-likeness (QED) is 0.406. The van der Waals surface area contributed by atoms with Gasteiger partial charge in [-0.2, -0.15) is 15.1 Å². The molecule has 0 saturated carbocycles. The van der Waals surface area contributed by atoms with E-state index in [1.807, 2.05) is 10.9 Å². The van der Waals surface area contributed by atoms with Crippen LogP contribution >= 0.6 is 0 Å². The lowest BCUT2D eigenvalue weighted by Crippen LogP contribution is -2.39. The fourth-order valence-electron chi connectivity index (χ4n) is 3.82. The Kier molecular flexibility index (Phi) is 6.85. The van der Waals surface area contributed by atoms with Crippen LogP contribution in [0.3, 0.4) is 0 Å². The van der Waals surface area contributed by atoms with Crippen molar-refractivity contribution >= 4 is 35.0 Å². The highest BCUT2D eigenvalue weighted by Gasteiger charge is 2.24. The van der Waals surface area contributed by atoms with E-state index in [2.05, 4.69) is 42.2 Å². The second-order valence-electron chi connectivity index (χ2n) is 7.91. The van der Waals surface area contributed by atoms with Crippen LogP contribution in [0.1, 0.15) is 34.9 Å². The first-order valence-electron chi connectivity index (χ1n) is 10.9. The van der Waals surface area contributed by atoms with E-state index in [0.717, 1.165) is 12.8 Å². The molecule has 0 bridgehead atoms. The molecule has 4 heterocycles. The number of primary amides is 1. The van der Waals surface area contributed by atoms with Gasteiger partial charge in [0.15, 0.2) is 0 Å². The topological polar surface area (TPSA) is 166 Å². The Bertz CT molecular complexity index is 1260. The van der Waals surface area contributed by atoms with E-state index in [1.165, 1.54) is 25.7 Å². The minimum absolute atomic E-state index is 0.0482. The van der Waals surface area contributed by atoms with Crippen LogP contribution in [-0.2, 0) is 4.79 Å². The molecule has 4 rings (SSSR count). The average Bonchev–Trinajstić information content (AvgIpc) is 3.33. The highest BCUT2D eigenvalue weighted by Crippen LogP contribution is 2.29. The number of methoxy groups -OCH3 is 1. The van der Waals surface area contributed by atoms with Gasteiger partial charge in [-0.1, -0.05) is 6.58 Å². The number of aromatic nitrogens is 6. The van der Waals surface area contributed by atoms with Crippen LogP contribution in [0.4, 0.5) is 23.1 Å². The lowest BCUT2D eigenvalue weighted by molar-refractivity contribution is -0.127.